The monoisotopic (exact) mass is 275 g/mol. The lowest BCUT2D eigenvalue weighted by Crippen LogP contribution is -2.45. The van der Waals surface area contributed by atoms with Gasteiger partial charge in [-0.3, -0.25) is 4.90 Å². The van der Waals surface area contributed by atoms with Gasteiger partial charge in [0.25, 0.3) is 0 Å². The molecule has 1 saturated carbocycles. The number of anilines is 2. The summed E-state index contributed by atoms with van der Waals surface area (Å²) in [6, 6.07) is 6.54. The summed E-state index contributed by atoms with van der Waals surface area (Å²) >= 11 is 0. The molecular formula is C16H25N3O. The zero-order chi connectivity index (χ0) is 13.9. The van der Waals surface area contributed by atoms with Crippen molar-refractivity contribution >= 4 is 11.4 Å². The van der Waals surface area contributed by atoms with Gasteiger partial charge in [0.15, 0.2) is 0 Å². The van der Waals surface area contributed by atoms with Gasteiger partial charge in [0.2, 0.25) is 0 Å². The zero-order valence-electron chi connectivity index (χ0n) is 12.1. The standard InChI is InChI=1S/C16H25N3O/c17-14-4-2-5-15(18)13(14)11-12-3-1-6-16(12)19-7-9-20-10-8-19/h2,4-5,12,16H,1,3,6-11,17-18H2. The van der Waals surface area contributed by atoms with Gasteiger partial charge in [0.05, 0.1) is 13.2 Å². The minimum absolute atomic E-state index is 0.679. The lowest BCUT2D eigenvalue weighted by atomic mass is 9.91. The van der Waals surface area contributed by atoms with Gasteiger partial charge < -0.3 is 16.2 Å². The largest absolute Gasteiger partial charge is 0.398 e. The van der Waals surface area contributed by atoms with Crippen LogP contribution in [0.5, 0.6) is 0 Å². The molecule has 0 amide bonds. The number of rotatable bonds is 3. The maximum absolute atomic E-state index is 6.11. The highest BCUT2D eigenvalue weighted by Crippen LogP contribution is 2.35. The van der Waals surface area contributed by atoms with Crippen LogP contribution in [-0.2, 0) is 11.2 Å². The maximum atomic E-state index is 6.11. The predicted octanol–water partition coefficient (Wildman–Crippen LogP) is 1.89. The Kier molecular flexibility index (Phi) is 4.13. The second kappa shape index (κ2) is 6.02. The molecular weight excluding hydrogens is 250 g/mol. The molecule has 2 atom stereocenters. The number of hydrogen-bond acceptors (Lipinski definition) is 4. The minimum Gasteiger partial charge on any atom is -0.398 e. The SMILES string of the molecule is Nc1cccc(N)c1CC1CCCC1N1CCOCC1. The third kappa shape index (κ3) is 2.76. The van der Waals surface area contributed by atoms with E-state index in [1.54, 1.807) is 0 Å². The molecule has 3 rings (SSSR count). The molecule has 1 aliphatic heterocycles. The molecule has 1 heterocycles. The van der Waals surface area contributed by atoms with Crippen molar-refractivity contribution < 1.29 is 4.74 Å². The van der Waals surface area contributed by atoms with Gasteiger partial charge in [-0.15, -0.1) is 0 Å². The van der Waals surface area contributed by atoms with Crippen LogP contribution in [0.1, 0.15) is 24.8 Å². The fourth-order valence-electron chi connectivity index (χ4n) is 3.77. The van der Waals surface area contributed by atoms with Crippen LogP contribution in [0.4, 0.5) is 11.4 Å². The highest BCUT2D eigenvalue weighted by atomic mass is 16.5. The topological polar surface area (TPSA) is 64.5 Å². The van der Waals surface area contributed by atoms with E-state index in [4.69, 9.17) is 16.2 Å². The molecule has 4 N–H and O–H groups in total. The summed E-state index contributed by atoms with van der Waals surface area (Å²) in [7, 11) is 0. The van der Waals surface area contributed by atoms with Crippen LogP contribution >= 0.6 is 0 Å². The Balaban J connectivity index is 1.72. The molecule has 1 saturated heterocycles. The number of benzene rings is 1. The minimum atomic E-state index is 0.679. The Labute approximate surface area is 121 Å². The maximum Gasteiger partial charge on any atom is 0.0594 e. The van der Waals surface area contributed by atoms with E-state index in [1.165, 1.54) is 19.3 Å². The number of nitrogens with zero attached hydrogens (tertiary/aromatic N) is 1. The van der Waals surface area contributed by atoms with Crippen LogP contribution in [0.25, 0.3) is 0 Å². The van der Waals surface area contributed by atoms with Gasteiger partial charge in [-0.25, -0.2) is 0 Å². The third-order valence-corrected chi connectivity index (χ3v) is 4.85. The van der Waals surface area contributed by atoms with E-state index >= 15 is 0 Å². The Hall–Kier alpha value is -1.26. The average molecular weight is 275 g/mol. The van der Waals surface area contributed by atoms with Crippen molar-refractivity contribution in [2.24, 2.45) is 5.92 Å². The van der Waals surface area contributed by atoms with E-state index in [9.17, 15) is 0 Å². The summed E-state index contributed by atoms with van der Waals surface area (Å²) in [4.78, 5) is 2.61. The second-order valence-corrected chi connectivity index (χ2v) is 6.03. The van der Waals surface area contributed by atoms with Crippen molar-refractivity contribution in [1.82, 2.24) is 4.90 Å². The second-order valence-electron chi connectivity index (χ2n) is 6.03. The van der Waals surface area contributed by atoms with Gasteiger partial charge in [-0.2, -0.15) is 0 Å². The predicted molar refractivity (Wildman–Crippen MR) is 82.5 cm³/mol. The van der Waals surface area contributed by atoms with Crippen molar-refractivity contribution in [3.05, 3.63) is 23.8 Å². The first-order valence-corrected chi connectivity index (χ1v) is 7.70. The quantitative estimate of drug-likeness (QED) is 0.827. The number of hydrogen-bond donors (Lipinski definition) is 2. The van der Waals surface area contributed by atoms with Crippen molar-refractivity contribution in [3.63, 3.8) is 0 Å². The molecule has 0 radical (unpaired) electrons. The molecule has 2 unspecified atom stereocenters. The molecule has 1 aliphatic carbocycles. The first-order chi connectivity index (χ1) is 9.75. The van der Waals surface area contributed by atoms with E-state index in [2.05, 4.69) is 4.90 Å². The zero-order valence-corrected chi connectivity index (χ0v) is 12.1. The molecule has 0 aromatic heterocycles. The van der Waals surface area contributed by atoms with Gasteiger partial charge in [0, 0.05) is 30.5 Å². The Bertz CT molecular complexity index is 437. The van der Waals surface area contributed by atoms with Crippen molar-refractivity contribution in [2.45, 2.75) is 31.7 Å². The molecule has 20 heavy (non-hydrogen) atoms. The molecule has 4 nitrogen and oxygen atoms in total. The molecule has 1 aromatic rings. The lowest BCUT2D eigenvalue weighted by molar-refractivity contribution is 0.00828. The van der Waals surface area contributed by atoms with Crippen LogP contribution in [-0.4, -0.2) is 37.2 Å². The lowest BCUT2D eigenvalue weighted by Gasteiger charge is -2.36. The highest BCUT2D eigenvalue weighted by Gasteiger charge is 2.33. The fraction of sp³-hybridized carbons (Fsp3) is 0.625. The highest BCUT2D eigenvalue weighted by molar-refractivity contribution is 5.61. The van der Waals surface area contributed by atoms with Crippen LogP contribution in [0.2, 0.25) is 0 Å². The van der Waals surface area contributed by atoms with E-state index in [0.717, 1.165) is 49.7 Å². The Morgan fingerprint density at radius 1 is 1.10 bits per heavy atom. The summed E-state index contributed by atoms with van der Waals surface area (Å²) in [6.07, 6.45) is 4.92. The van der Waals surface area contributed by atoms with Gasteiger partial charge in [0.1, 0.15) is 0 Å². The normalized spacial score (nSPS) is 27.8. The number of ether oxygens (including phenoxy) is 1. The fourth-order valence-corrected chi connectivity index (χ4v) is 3.77. The van der Waals surface area contributed by atoms with Crippen LogP contribution < -0.4 is 11.5 Å². The first-order valence-electron chi connectivity index (χ1n) is 7.70. The molecule has 4 heteroatoms. The molecule has 1 aromatic carbocycles. The Morgan fingerprint density at radius 3 is 2.50 bits per heavy atom. The molecule has 110 valence electrons. The summed E-state index contributed by atoms with van der Waals surface area (Å²) in [5, 5.41) is 0. The van der Waals surface area contributed by atoms with Crippen LogP contribution in [0, 0.1) is 5.92 Å². The van der Waals surface area contributed by atoms with Crippen molar-refractivity contribution in [2.75, 3.05) is 37.8 Å². The summed E-state index contributed by atoms with van der Waals surface area (Å²) in [5.41, 5.74) is 15.1. The van der Waals surface area contributed by atoms with E-state index in [0.29, 0.717) is 12.0 Å². The summed E-state index contributed by atoms with van der Waals surface area (Å²) in [5.74, 6) is 0.681. The first kappa shape index (κ1) is 13.7. The van der Waals surface area contributed by atoms with Gasteiger partial charge in [-0.1, -0.05) is 12.5 Å². The van der Waals surface area contributed by atoms with E-state index < -0.39 is 0 Å². The van der Waals surface area contributed by atoms with Crippen molar-refractivity contribution in [1.29, 1.82) is 0 Å². The summed E-state index contributed by atoms with van der Waals surface area (Å²) in [6.45, 7) is 3.89. The van der Waals surface area contributed by atoms with E-state index in [-0.39, 0.29) is 0 Å². The molecule has 2 aliphatic rings. The number of nitrogens with two attached hydrogens (primary N) is 2. The number of nitrogen functional groups attached to an aromatic ring is 2. The van der Waals surface area contributed by atoms with Gasteiger partial charge in [-0.05, 0) is 42.9 Å². The number of morpholine rings is 1. The smallest absolute Gasteiger partial charge is 0.0594 e. The molecule has 0 bridgehead atoms. The summed E-state index contributed by atoms with van der Waals surface area (Å²) < 4.78 is 5.47. The molecule has 2 fully saturated rings. The van der Waals surface area contributed by atoms with E-state index in [1.807, 2.05) is 18.2 Å². The third-order valence-electron chi connectivity index (χ3n) is 4.85. The van der Waals surface area contributed by atoms with Crippen LogP contribution in [0.15, 0.2) is 18.2 Å². The average Bonchev–Trinajstić information content (AvgIpc) is 2.92. The van der Waals surface area contributed by atoms with Crippen LogP contribution in [0.3, 0.4) is 0 Å². The Morgan fingerprint density at radius 2 is 1.80 bits per heavy atom. The molecule has 0 spiro atoms. The van der Waals surface area contributed by atoms with Crippen molar-refractivity contribution in [3.8, 4) is 0 Å². The van der Waals surface area contributed by atoms with Gasteiger partial charge >= 0.3 is 0 Å².